The Bertz CT molecular complexity index is 504. The summed E-state index contributed by atoms with van der Waals surface area (Å²) in [4.78, 5) is 14.1. The molecule has 3 rings (SSSR count). The summed E-state index contributed by atoms with van der Waals surface area (Å²) in [6, 6.07) is 0.178. The van der Waals surface area contributed by atoms with Gasteiger partial charge in [0, 0.05) is 25.6 Å². The summed E-state index contributed by atoms with van der Waals surface area (Å²) in [6.45, 7) is 5.72. The first-order valence-corrected chi connectivity index (χ1v) is 7.58. The number of likely N-dealkylation sites (tertiary alicyclic amines) is 1. The topological polar surface area (TPSA) is 80.5 Å². The maximum atomic E-state index is 12.2. The zero-order valence-corrected chi connectivity index (χ0v) is 12.5. The van der Waals surface area contributed by atoms with Gasteiger partial charge < -0.3 is 14.7 Å². The summed E-state index contributed by atoms with van der Waals surface area (Å²) >= 11 is 0. The molecule has 0 aromatic carbocycles. The molecule has 2 aliphatic rings. The van der Waals surface area contributed by atoms with Crippen LogP contribution in [0.4, 0.5) is 0 Å². The molecule has 1 aromatic heterocycles. The highest BCUT2D eigenvalue weighted by atomic mass is 16.5. The number of amides is 1. The molecule has 1 saturated heterocycles. The van der Waals surface area contributed by atoms with E-state index in [2.05, 4.69) is 10.3 Å². The molecule has 1 saturated carbocycles. The summed E-state index contributed by atoms with van der Waals surface area (Å²) in [5.74, 6) is 0.365. The van der Waals surface area contributed by atoms with Crippen LogP contribution in [0.15, 0.2) is 6.20 Å². The number of ether oxygens (including phenoxy) is 1. The number of aromatic nitrogens is 3. The maximum absolute atomic E-state index is 12.2. The molecule has 21 heavy (non-hydrogen) atoms. The van der Waals surface area contributed by atoms with E-state index in [4.69, 9.17) is 4.74 Å². The fourth-order valence-electron chi connectivity index (χ4n) is 2.86. The average Bonchev–Trinajstić information content (AvgIpc) is 2.80. The summed E-state index contributed by atoms with van der Waals surface area (Å²) in [5.41, 5.74) is 0.568. The second-order valence-electron chi connectivity index (χ2n) is 5.94. The number of carbonyl (C=O) groups is 1. The molecule has 7 heteroatoms. The van der Waals surface area contributed by atoms with E-state index in [0.717, 1.165) is 19.4 Å². The van der Waals surface area contributed by atoms with Crippen LogP contribution in [0.2, 0.25) is 0 Å². The highest BCUT2D eigenvalue weighted by molar-refractivity contribution is 5.80. The van der Waals surface area contributed by atoms with Gasteiger partial charge in [-0.05, 0) is 26.7 Å². The first kappa shape index (κ1) is 14.5. The Kier molecular flexibility index (Phi) is 3.95. The van der Waals surface area contributed by atoms with Crippen molar-refractivity contribution in [2.24, 2.45) is 5.92 Å². The molecule has 116 valence electrons. The zero-order valence-electron chi connectivity index (χ0n) is 12.5. The van der Waals surface area contributed by atoms with E-state index in [1.165, 1.54) is 0 Å². The van der Waals surface area contributed by atoms with Gasteiger partial charge in [-0.25, -0.2) is 4.68 Å². The normalized spacial score (nSPS) is 27.1. The average molecular weight is 294 g/mol. The van der Waals surface area contributed by atoms with Crippen molar-refractivity contribution in [1.82, 2.24) is 19.9 Å². The van der Waals surface area contributed by atoms with Crippen molar-refractivity contribution in [2.45, 2.75) is 44.9 Å². The van der Waals surface area contributed by atoms with Crippen LogP contribution < -0.4 is 0 Å². The first-order valence-electron chi connectivity index (χ1n) is 7.58. The zero-order chi connectivity index (χ0) is 15.0. The Morgan fingerprint density at radius 3 is 2.81 bits per heavy atom. The number of aliphatic hydroxyl groups excluding tert-OH is 1. The molecule has 7 nitrogen and oxygen atoms in total. The molecule has 0 radical (unpaired) electrons. The third kappa shape index (κ3) is 2.80. The first-order chi connectivity index (χ1) is 10.1. The number of carbonyl (C=O) groups excluding carboxylic acids is 1. The van der Waals surface area contributed by atoms with Crippen LogP contribution in [0.25, 0.3) is 0 Å². The van der Waals surface area contributed by atoms with Crippen LogP contribution in [0.3, 0.4) is 0 Å². The standard InChI is InChI=1S/C14H22N4O3/c1-3-21-12-4-10(5-12)14(20)17-6-11(7-17)18-8-13(9(2)19)15-16-18/h8-12,19H,3-7H2,1-2H3. The van der Waals surface area contributed by atoms with Crippen molar-refractivity contribution in [3.63, 3.8) is 0 Å². The largest absolute Gasteiger partial charge is 0.387 e. The minimum absolute atomic E-state index is 0.131. The molecule has 1 aliphatic heterocycles. The van der Waals surface area contributed by atoms with Crippen LogP contribution in [-0.4, -0.2) is 56.7 Å². The van der Waals surface area contributed by atoms with Crippen LogP contribution in [0.1, 0.15) is 44.5 Å². The van der Waals surface area contributed by atoms with Gasteiger partial charge in [-0.3, -0.25) is 4.79 Å². The molecule has 2 heterocycles. The van der Waals surface area contributed by atoms with Gasteiger partial charge in [-0.15, -0.1) is 5.10 Å². The number of aliphatic hydroxyl groups is 1. The molecule has 1 unspecified atom stereocenters. The number of hydrogen-bond acceptors (Lipinski definition) is 5. The SMILES string of the molecule is CCOC1CC(C(=O)N2CC(n3cc(C(C)O)nn3)C2)C1. The highest BCUT2D eigenvalue weighted by Gasteiger charge is 2.41. The minimum atomic E-state index is -0.609. The molecule has 0 bridgehead atoms. The third-order valence-corrected chi connectivity index (χ3v) is 4.35. The van der Waals surface area contributed by atoms with E-state index >= 15 is 0 Å². The van der Waals surface area contributed by atoms with E-state index in [-0.39, 0.29) is 24.0 Å². The van der Waals surface area contributed by atoms with Crippen molar-refractivity contribution < 1.29 is 14.6 Å². The monoisotopic (exact) mass is 294 g/mol. The molecule has 2 fully saturated rings. The van der Waals surface area contributed by atoms with Gasteiger partial charge in [-0.1, -0.05) is 5.21 Å². The van der Waals surface area contributed by atoms with Crippen molar-refractivity contribution >= 4 is 5.91 Å². The lowest BCUT2D eigenvalue weighted by Gasteiger charge is -2.44. The molecular formula is C14H22N4O3. The lowest BCUT2D eigenvalue weighted by Crippen LogP contribution is -2.55. The molecule has 0 spiro atoms. The van der Waals surface area contributed by atoms with Crippen molar-refractivity contribution in [3.8, 4) is 0 Å². The van der Waals surface area contributed by atoms with Gasteiger partial charge in [0.15, 0.2) is 0 Å². The minimum Gasteiger partial charge on any atom is -0.387 e. The molecule has 1 amide bonds. The van der Waals surface area contributed by atoms with Crippen LogP contribution in [0.5, 0.6) is 0 Å². The molecule has 1 aromatic rings. The predicted octanol–water partition coefficient (Wildman–Crippen LogP) is 0.530. The summed E-state index contributed by atoms with van der Waals surface area (Å²) in [6.07, 6.45) is 3.12. The molecule has 1 N–H and O–H groups in total. The van der Waals surface area contributed by atoms with Gasteiger partial charge in [0.05, 0.1) is 24.4 Å². The van der Waals surface area contributed by atoms with Crippen LogP contribution >= 0.6 is 0 Å². The van der Waals surface area contributed by atoms with Gasteiger partial charge in [0.25, 0.3) is 0 Å². The Labute approximate surface area is 123 Å². The summed E-state index contributed by atoms with van der Waals surface area (Å²) in [5, 5.41) is 17.4. The van der Waals surface area contributed by atoms with E-state index in [1.54, 1.807) is 17.8 Å². The smallest absolute Gasteiger partial charge is 0.226 e. The number of rotatable bonds is 5. The van der Waals surface area contributed by atoms with E-state index in [0.29, 0.717) is 18.8 Å². The Morgan fingerprint density at radius 1 is 1.52 bits per heavy atom. The lowest BCUT2D eigenvalue weighted by molar-refractivity contribution is -0.150. The number of hydrogen-bond donors (Lipinski definition) is 1. The maximum Gasteiger partial charge on any atom is 0.226 e. The third-order valence-electron chi connectivity index (χ3n) is 4.35. The Balaban J connectivity index is 1.46. The highest BCUT2D eigenvalue weighted by Crippen LogP contribution is 2.34. The van der Waals surface area contributed by atoms with Crippen molar-refractivity contribution in [3.05, 3.63) is 11.9 Å². The van der Waals surface area contributed by atoms with Gasteiger partial charge in [-0.2, -0.15) is 0 Å². The van der Waals surface area contributed by atoms with Gasteiger partial charge in [0.2, 0.25) is 5.91 Å². The van der Waals surface area contributed by atoms with E-state index in [9.17, 15) is 9.90 Å². The second kappa shape index (κ2) is 5.73. The van der Waals surface area contributed by atoms with Crippen LogP contribution in [0, 0.1) is 5.92 Å². The van der Waals surface area contributed by atoms with Crippen molar-refractivity contribution in [2.75, 3.05) is 19.7 Å². The lowest BCUT2D eigenvalue weighted by atomic mass is 9.80. The predicted molar refractivity (Wildman–Crippen MR) is 74.4 cm³/mol. The molecule has 1 aliphatic carbocycles. The number of nitrogens with zero attached hydrogens (tertiary/aromatic N) is 4. The summed E-state index contributed by atoms with van der Waals surface area (Å²) < 4.78 is 7.23. The van der Waals surface area contributed by atoms with Gasteiger partial charge in [0.1, 0.15) is 5.69 Å². The Morgan fingerprint density at radius 2 is 2.24 bits per heavy atom. The van der Waals surface area contributed by atoms with Crippen LogP contribution in [-0.2, 0) is 9.53 Å². The fraction of sp³-hybridized carbons (Fsp3) is 0.786. The van der Waals surface area contributed by atoms with Gasteiger partial charge >= 0.3 is 0 Å². The fourth-order valence-corrected chi connectivity index (χ4v) is 2.86. The molecule has 1 atom stereocenters. The summed E-state index contributed by atoms with van der Waals surface area (Å²) in [7, 11) is 0. The molecular weight excluding hydrogens is 272 g/mol. The van der Waals surface area contributed by atoms with E-state index in [1.807, 2.05) is 11.8 Å². The Hall–Kier alpha value is -1.47. The quantitative estimate of drug-likeness (QED) is 0.857. The van der Waals surface area contributed by atoms with E-state index < -0.39 is 6.10 Å². The van der Waals surface area contributed by atoms with Crippen molar-refractivity contribution in [1.29, 1.82) is 0 Å². The second-order valence-corrected chi connectivity index (χ2v) is 5.94.